The van der Waals surface area contributed by atoms with E-state index >= 15 is 0 Å². The van der Waals surface area contributed by atoms with Crippen LogP contribution < -0.4 is 0 Å². The van der Waals surface area contributed by atoms with Crippen molar-refractivity contribution >= 4 is 29.1 Å². The maximum absolute atomic E-state index is 12.7. The second-order valence-corrected chi connectivity index (χ2v) is 7.43. The van der Waals surface area contributed by atoms with Gasteiger partial charge in [-0.1, -0.05) is 59.6 Å². The summed E-state index contributed by atoms with van der Waals surface area (Å²) in [6.45, 7) is 1.79. The third-order valence-electron chi connectivity index (χ3n) is 4.46. The Kier molecular flexibility index (Phi) is 6.00. The minimum absolute atomic E-state index is 0.119. The minimum Gasteiger partial charge on any atom is -0.340 e. The monoisotopic (exact) mass is 376 g/mol. The van der Waals surface area contributed by atoms with Gasteiger partial charge in [0.15, 0.2) is 0 Å². The van der Waals surface area contributed by atoms with Crippen molar-refractivity contribution in [2.24, 2.45) is 0 Å². The standard InChI is InChI=1S/C20H22Cl2N2O/c1-23(12-16-7-10-18(21)19(22)11-16)20(25)14-24(17-8-9-17)13-15-5-3-2-4-6-15/h2-7,10-11,17H,8-9,12-14H2,1H3. The summed E-state index contributed by atoms with van der Waals surface area (Å²) >= 11 is 12.0. The van der Waals surface area contributed by atoms with E-state index in [1.165, 1.54) is 18.4 Å². The lowest BCUT2D eigenvalue weighted by Crippen LogP contribution is -2.38. The van der Waals surface area contributed by atoms with Crippen LogP contribution >= 0.6 is 23.2 Å². The van der Waals surface area contributed by atoms with Gasteiger partial charge in [0.25, 0.3) is 0 Å². The van der Waals surface area contributed by atoms with E-state index < -0.39 is 0 Å². The van der Waals surface area contributed by atoms with Crippen LogP contribution in [0.1, 0.15) is 24.0 Å². The van der Waals surface area contributed by atoms with Crippen LogP contribution in [0.2, 0.25) is 10.0 Å². The number of rotatable bonds is 7. The first-order valence-electron chi connectivity index (χ1n) is 8.49. The van der Waals surface area contributed by atoms with Gasteiger partial charge in [-0.2, -0.15) is 0 Å². The van der Waals surface area contributed by atoms with E-state index in [1.54, 1.807) is 11.0 Å². The largest absolute Gasteiger partial charge is 0.340 e. The Morgan fingerprint density at radius 1 is 1.00 bits per heavy atom. The highest BCUT2D eigenvalue weighted by Crippen LogP contribution is 2.28. The van der Waals surface area contributed by atoms with E-state index in [9.17, 15) is 4.79 Å². The van der Waals surface area contributed by atoms with Gasteiger partial charge in [0, 0.05) is 26.2 Å². The number of amides is 1. The van der Waals surface area contributed by atoms with E-state index in [1.807, 2.05) is 37.4 Å². The van der Waals surface area contributed by atoms with E-state index in [0.717, 1.165) is 12.1 Å². The minimum atomic E-state index is 0.119. The van der Waals surface area contributed by atoms with Crippen molar-refractivity contribution in [2.75, 3.05) is 13.6 Å². The zero-order valence-electron chi connectivity index (χ0n) is 14.3. The molecule has 1 fully saturated rings. The number of hydrogen-bond acceptors (Lipinski definition) is 2. The molecule has 0 heterocycles. The summed E-state index contributed by atoms with van der Waals surface area (Å²) in [7, 11) is 1.83. The highest BCUT2D eigenvalue weighted by molar-refractivity contribution is 6.42. The number of carbonyl (C=O) groups excluding carboxylic acids is 1. The van der Waals surface area contributed by atoms with Crippen molar-refractivity contribution in [3.05, 3.63) is 69.7 Å². The SMILES string of the molecule is CN(Cc1ccc(Cl)c(Cl)c1)C(=O)CN(Cc1ccccc1)C1CC1. The van der Waals surface area contributed by atoms with Crippen molar-refractivity contribution in [3.63, 3.8) is 0 Å². The lowest BCUT2D eigenvalue weighted by molar-refractivity contribution is -0.132. The molecule has 3 nitrogen and oxygen atoms in total. The molecule has 0 N–H and O–H groups in total. The predicted molar refractivity (Wildman–Crippen MR) is 103 cm³/mol. The zero-order chi connectivity index (χ0) is 17.8. The molecule has 2 aromatic carbocycles. The first-order valence-corrected chi connectivity index (χ1v) is 9.24. The molecule has 0 saturated heterocycles. The van der Waals surface area contributed by atoms with Gasteiger partial charge >= 0.3 is 0 Å². The van der Waals surface area contributed by atoms with Gasteiger partial charge in [-0.05, 0) is 36.1 Å². The summed E-state index contributed by atoms with van der Waals surface area (Å²) in [6, 6.07) is 16.3. The van der Waals surface area contributed by atoms with Gasteiger partial charge in [-0.25, -0.2) is 0 Å². The van der Waals surface area contributed by atoms with Crippen molar-refractivity contribution < 1.29 is 4.79 Å². The molecule has 5 heteroatoms. The normalized spacial score (nSPS) is 13.9. The van der Waals surface area contributed by atoms with E-state index in [-0.39, 0.29) is 5.91 Å². The number of halogens is 2. The fourth-order valence-electron chi connectivity index (χ4n) is 2.87. The molecule has 0 bridgehead atoms. The first-order chi connectivity index (χ1) is 12.0. The molecule has 0 atom stereocenters. The van der Waals surface area contributed by atoms with Gasteiger partial charge in [-0.15, -0.1) is 0 Å². The topological polar surface area (TPSA) is 23.6 Å². The first kappa shape index (κ1) is 18.2. The highest BCUT2D eigenvalue weighted by atomic mass is 35.5. The van der Waals surface area contributed by atoms with Crippen molar-refractivity contribution in [3.8, 4) is 0 Å². The Morgan fingerprint density at radius 2 is 1.72 bits per heavy atom. The maximum Gasteiger partial charge on any atom is 0.236 e. The number of benzene rings is 2. The van der Waals surface area contributed by atoms with E-state index in [2.05, 4.69) is 17.0 Å². The van der Waals surface area contributed by atoms with Gasteiger partial charge in [0.1, 0.15) is 0 Å². The number of hydrogen-bond donors (Lipinski definition) is 0. The molecule has 25 heavy (non-hydrogen) atoms. The number of likely N-dealkylation sites (N-methyl/N-ethyl adjacent to an activating group) is 1. The van der Waals surface area contributed by atoms with Gasteiger partial charge in [-0.3, -0.25) is 9.69 Å². The Hall–Kier alpha value is -1.55. The van der Waals surface area contributed by atoms with Crippen LogP contribution in [-0.4, -0.2) is 35.3 Å². The Labute approximate surface area is 159 Å². The molecule has 0 radical (unpaired) electrons. The molecule has 0 unspecified atom stereocenters. The molecule has 1 saturated carbocycles. The Bertz CT molecular complexity index is 732. The fourth-order valence-corrected chi connectivity index (χ4v) is 3.19. The molecule has 0 spiro atoms. The van der Waals surface area contributed by atoms with E-state index in [4.69, 9.17) is 23.2 Å². The van der Waals surface area contributed by atoms with Crippen molar-refractivity contribution in [1.29, 1.82) is 0 Å². The maximum atomic E-state index is 12.7. The molecule has 0 aromatic heterocycles. The quantitative estimate of drug-likeness (QED) is 0.703. The molecule has 132 valence electrons. The van der Waals surface area contributed by atoms with Gasteiger partial charge < -0.3 is 4.90 Å². The van der Waals surface area contributed by atoms with Crippen LogP contribution in [0, 0.1) is 0 Å². The summed E-state index contributed by atoms with van der Waals surface area (Å²) in [5, 5.41) is 1.05. The van der Waals surface area contributed by atoms with Crippen LogP contribution in [0.5, 0.6) is 0 Å². The highest BCUT2D eigenvalue weighted by Gasteiger charge is 2.30. The summed E-state index contributed by atoms with van der Waals surface area (Å²) < 4.78 is 0. The lowest BCUT2D eigenvalue weighted by Gasteiger charge is -2.25. The number of carbonyl (C=O) groups is 1. The second-order valence-electron chi connectivity index (χ2n) is 6.62. The molecular weight excluding hydrogens is 355 g/mol. The number of nitrogens with zero attached hydrogens (tertiary/aromatic N) is 2. The average molecular weight is 377 g/mol. The van der Waals surface area contributed by atoms with Crippen LogP contribution in [-0.2, 0) is 17.9 Å². The molecule has 0 aliphatic heterocycles. The third-order valence-corrected chi connectivity index (χ3v) is 5.20. The van der Waals surface area contributed by atoms with Crippen LogP contribution in [0.4, 0.5) is 0 Å². The molecule has 1 aliphatic carbocycles. The zero-order valence-corrected chi connectivity index (χ0v) is 15.8. The Morgan fingerprint density at radius 3 is 2.36 bits per heavy atom. The fraction of sp³-hybridized carbons (Fsp3) is 0.350. The molecular formula is C20H22Cl2N2O. The summed E-state index contributed by atoms with van der Waals surface area (Å²) in [5.74, 6) is 0.119. The molecule has 3 rings (SSSR count). The van der Waals surface area contributed by atoms with Crippen LogP contribution in [0.15, 0.2) is 48.5 Å². The van der Waals surface area contributed by atoms with Crippen molar-refractivity contribution in [2.45, 2.75) is 32.0 Å². The lowest BCUT2D eigenvalue weighted by atomic mass is 10.2. The Balaban J connectivity index is 1.59. The summed E-state index contributed by atoms with van der Waals surface area (Å²) in [5.41, 5.74) is 2.22. The second kappa shape index (κ2) is 8.22. The van der Waals surface area contributed by atoms with E-state index in [0.29, 0.717) is 29.2 Å². The molecule has 2 aromatic rings. The van der Waals surface area contributed by atoms with Crippen LogP contribution in [0.25, 0.3) is 0 Å². The average Bonchev–Trinajstić information content (AvgIpc) is 3.43. The van der Waals surface area contributed by atoms with Crippen LogP contribution in [0.3, 0.4) is 0 Å². The van der Waals surface area contributed by atoms with Crippen molar-refractivity contribution in [1.82, 2.24) is 9.80 Å². The summed E-state index contributed by atoms with van der Waals surface area (Å²) in [4.78, 5) is 16.7. The smallest absolute Gasteiger partial charge is 0.236 e. The van der Waals surface area contributed by atoms with Gasteiger partial charge in [0.05, 0.1) is 16.6 Å². The molecule has 1 aliphatic rings. The molecule has 1 amide bonds. The predicted octanol–water partition coefficient (Wildman–Crippen LogP) is 4.62. The third kappa shape index (κ3) is 5.21. The summed E-state index contributed by atoms with van der Waals surface area (Å²) in [6.07, 6.45) is 2.35. The van der Waals surface area contributed by atoms with Gasteiger partial charge in [0.2, 0.25) is 5.91 Å².